The molecule has 0 amide bonds. The second kappa shape index (κ2) is 5.31. The minimum atomic E-state index is -0.319. The molecule has 102 valence electrons. The van der Waals surface area contributed by atoms with Crippen LogP contribution in [0, 0.1) is 5.82 Å². The van der Waals surface area contributed by atoms with E-state index in [0.29, 0.717) is 10.7 Å². The molecule has 1 saturated heterocycles. The summed E-state index contributed by atoms with van der Waals surface area (Å²) in [6.45, 7) is 1.51. The Morgan fingerprint density at radius 1 is 1.37 bits per heavy atom. The van der Waals surface area contributed by atoms with Crippen LogP contribution in [0.3, 0.4) is 0 Å². The summed E-state index contributed by atoms with van der Waals surface area (Å²) in [5.41, 5.74) is 0.350. The second-order valence-electron chi connectivity index (χ2n) is 4.79. The fourth-order valence-corrected chi connectivity index (χ4v) is 3.63. The highest BCUT2D eigenvalue weighted by molar-refractivity contribution is 8.14. The Kier molecular flexibility index (Phi) is 3.69. The van der Waals surface area contributed by atoms with E-state index in [2.05, 4.69) is 5.32 Å². The first-order valence-corrected chi connectivity index (χ1v) is 7.56. The van der Waals surface area contributed by atoms with Gasteiger partial charge in [-0.3, -0.25) is 4.99 Å². The summed E-state index contributed by atoms with van der Waals surface area (Å²) in [5.74, 6) is 0.613. The lowest BCUT2D eigenvalue weighted by Crippen LogP contribution is -2.34. The molecule has 3 nitrogen and oxygen atoms in total. The van der Waals surface area contributed by atoms with E-state index in [1.54, 1.807) is 17.8 Å². The molecule has 0 radical (unpaired) electrons. The molecule has 1 fully saturated rings. The highest BCUT2D eigenvalue weighted by Gasteiger charge is 2.37. The number of anilines is 1. The Bertz CT molecular complexity index is 517. The van der Waals surface area contributed by atoms with Gasteiger partial charge >= 0.3 is 0 Å². The fourth-order valence-electron chi connectivity index (χ4n) is 2.26. The van der Waals surface area contributed by atoms with Crippen molar-refractivity contribution in [2.24, 2.45) is 4.99 Å². The number of hydrogen-bond acceptors (Lipinski definition) is 4. The van der Waals surface area contributed by atoms with E-state index in [4.69, 9.17) is 21.3 Å². The van der Waals surface area contributed by atoms with E-state index in [0.717, 1.165) is 37.0 Å². The molecule has 0 unspecified atom stereocenters. The van der Waals surface area contributed by atoms with Crippen molar-refractivity contribution in [3.05, 3.63) is 29.0 Å². The molecule has 0 aromatic heterocycles. The summed E-state index contributed by atoms with van der Waals surface area (Å²) in [7, 11) is 0. The Hall–Kier alpha value is -0.780. The van der Waals surface area contributed by atoms with Crippen molar-refractivity contribution in [2.45, 2.75) is 18.4 Å². The van der Waals surface area contributed by atoms with Gasteiger partial charge in [0, 0.05) is 24.0 Å². The summed E-state index contributed by atoms with van der Waals surface area (Å²) >= 11 is 7.51. The van der Waals surface area contributed by atoms with Crippen LogP contribution in [0.2, 0.25) is 5.02 Å². The van der Waals surface area contributed by atoms with Crippen molar-refractivity contribution in [3.63, 3.8) is 0 Å². The molecule has 19 heavy (non-hydrogen) atoms. The van der Waals surface area contributed by atoms with Crippen molar-refractivity contribution < 1.29 is 9.13 Å². The summed E-state index contributed by atoms with van der Waals surface area (Å²) in [5, 5.41) is 4.31. The number of nitrogens with one attached hydrogen (secondary N) is 1. The lowest BCUT2D eigenvalue weighted by molar-refractivity contribution is 0.0624. The topological polar surface area (TPSA) is 33.6 Å². The SMILES string of the molecule is Fc1ccc(Cl)cc1NC1=NC2(CCOCC2)CS1. The molecular weight excluding hydrogens is 287 g/mol. The number of aliphatic imine (C=N–C) groups is 1. The third-order valence-electron chi connectivity index (χ3n) is 3.41. The number of hydrogen-bond donors (Lipinski definition) is 1. The molecule has 1 aromatic carbocycles. The summed E-state index contributed by atoms with van der Waals surface area (Å²) < 4.78 is 19.0. The van der Waals surface area contributed by atoms with Gasteiger partial charge < -0.3 is 10.1 Å². The number of rotatable bonds is 1. The van der Waals surface area contributed by atoms with Crippen LogP contribution in [-0.4, -0.2) is 29.7 Å². The van der Waals surface area contributed by atoms with Crippen LogP contribution in [0.1, 0.15) is 12.8 Å². The van der Waals surface area contributed by atoms with Crippen molar-refractivity contribution >= 4 is 34.2 Å². The van der Waals surface area contributed by atoms with E-state index in [1.807, 2.05) is 0 Å². The van der Waals surface area contributed by atoms with E-state index in [-0.39, 0.29) is 11.4 Å². The molecule has 2 aliphatic heterocycles. The van der Waals surface area contributed by atoms with Crippen LogP contribution >= 0.6 is 23.4 Å². The minimum absolute atomic E-state index is 0.0275. The number of nitrogens with zero attached hydrogens (tertiary/aromatic N) is 1. The average Bonchev–Trinajstić information content (AvgIpc) is 2.78. The Balaban J connectivity index is 1.77. The maximum atomic E-state index is 13.7. The minimum Gasteiger partial charge on any atom is -0.381 e. The van der Waals surface area contributed by atoms with Gasteiger partial charge in [-0.05, 0) is 31.0 Å². The normalized spacial score (nSPS) is 21.5. The molecule has 0 bridgehead atoms. The highest BCUT2D eigenvalue weighted by Crippen LogP contribution is 2.36. The zero-order valence-corrected chi connectivity index (χ0v) is 11.9. The molecule has 1 aromatic rings. The van der Waals surface area contributed by atoms with Gasteiger partial charge in [-0.25, -0.2) is 4.39 Å². The van der Waals surface area contributed by atoms with Gasteiger partial charge in [0.2, 0.25) is 0 Å². The molecule has 6 heteroatoms. The largest absolute Gasteiger partial charge is 0.381 e. The maximum Gasteiger partial charge on any atom is 0.161 e. The van der Waals surface area contributed by atoms with Gasteiger partial charge in [0.25, 0.3) is 0 Å². The number of ether oxygens (including phenoxy) is 1. The van der Waals surface area contributed by atoms with Crippen molar-refractivity contribution in [3.8, 4) is 0 Å². The molecule has 3 rings (SSSR count). The van der Waals surface area contributed by atoms with Crippen LogP contribution in [0.15, 0.2) is 23.2 Å². The van der Waals surface area contributed by atoms with E-state index >= 15 is 0 Å². The molecule has 1 N–H and O–H groups in total. The lowest BCUT2D eigenvalue weighted by atomic mass is 9.93. The first-order valence-electron chi connectivity index (χ1n) is 6.19. The lowest BCUT2D eigenvalue weighted by Gasteiger charge is -2.29. The van der Waals surface area contributed by atoms with Gasteiger partial charge in [-0.1, -0.05) is 23.4 Å². The predicted molar refractivity (Wildman–Crippen MR) is 77.7 cm³/mol. The Morgan fingerprint density at radius 2 is 2.16 bits per heavy atom. The fraction of sp³-hybridized carbons (Fsp3) is 0.462. The quantitative estimate of drug-likeness (QED) is 0.861. The predicted octanol–water partition coefficient (Wildman–Crippen LogP) is 3.54. The number of benzene rings is 1. The van der Waals surface area contributed by atoms with Crippen LogP contribution in [0.5, 0.6) is 0 Å². The van der Waals surface area contributed by atoms with Gasteiger partial charge in [0.1, 0.15) is 5.82 Å². The molecule has 0 aliphatic carbocycles. The molecule has 0 saturated carbocycles. The third-order valence-corrected chi connectivity index (χ3v) is 4.79. The van der Waals surface area contributed by atoms with Crippen LogP contribution in [0.4, 0.5) is 10.1 Å². The number of thioether (sulfide) groups is 1. The summed E-state index contributed by atoms with van der Waals surface area (Å²) in [6, 6.07) is 4.47. The summed E-state index contributed by atoms with van der Waals surface area (Å²) in [6.07, 6.45) is 1.87. The van der Waals surface area contributed by atoms with Gasteiger partial charge in [0.15, 0.2) is 5.17 Å². The van der Waals surface area contributed by atoms with Crippen LogP contribution in [-0.2, 0) is 4.74 Å². The highest BCUT2D eigenvalue weighted by atomic mass is 35.5. The first-order chi connectivity index (χ1) is 9.17. The monoisotopic (exact) mass is 300 g/mol. The Labute approximate surface area is 120 Å². The van der Waals surface area contributed by atoms with E-state index in [1.165, 1.54) is 12.1 Å². The van der Waals surface area contributed by atoms with Gasteiger partial charge in [-0.2, -0.15) is 0 Å². The standard InChI is InChI=1S/C13H14ClFN2OS/c14-9-1-2-10(15)11(7-9)16-12-17-13(8-19-12)3-5-18-6-4-13/h1-2,7H,3-6,8H2,(H,16,17). The maximum absolute atomic E-state index is 13.7. The number of halogens is 2. The molecule has 2 heterocycles. The zero-order chi connectivity index (χ0) is 13.3. The third kappa shape index (κ3) is 2.88. The van der Waals surface area contributed by atoms with Crippen molar-refractivity contribution in [2.75, 3.05) is 24.3 Å². The second-order valence-corrected chi connectivity index (χ2v) is 6.19. The van der Waals surface area contributed by atoms with Gasteiger partial charge in [-0.15, -0.1) is 0 Å². The molecular formula is C13H14ClFN2OS. The van der Waals surface area contributed by atoms with Crippen LogP contribution < -0.4 is 5.32 Å². The Morgan fingerprint density at radius 3 is 2.95 bits per heavy atom. The molecule has 0 atom stereocenters. The molecule has 2 aliphatic rings. The zero-order valence-electron chi connectivity index (χ0n) is 10.3. The smallest absolute Gasteiger partial charge is 0.161 e. The van der Waals surface area contributed by atoms with E-state index in [9.17, 15) is 4.39 Å². The van der Waals surface area contributed by atoms with Crippen molar-refractivity contribution in [1.82, 2.24) is 0 Å². The number of amidine groups is 1. The van der Waals surface area contributed by atoms with Crippen molar-refractivity contribution in [1.29, 1.82) is 0 Å². The van der Waals surface area contributed by atoms with Gasteiger partial charge in [0.05, 0.1) is 11.2 Å². The summed E-state index contributed by atoms with van der Waals surface area (Å²) in [4.78, 5) is 4.72. The van der Waals surface area contributed by atoms with E-state index < -0.39 is 0 Å². The van der Waals surface area contributed by atoms with Crippen LogP contribution in [0.25, 0.3) is 0 Å². The molecule has 1 spiro atoms. The first kappa shape index (κ1) is 13.2. The average molecular weight is 301 g/mol.